The summed E-state index contributed by atoms with van der Waals surface area (Å²) in [5.74, 6) is 1.34. The van der Waals surface area contributed by atoms with E-state index in [2.05, 4.69) is 15.2 Å². The van der Waals surface area contributed by atoms with Crippen LogP contribution in [0.3, 0.4) is 0 Å². The molecular formula is C18H26F3N3O. The van der Waals surface area contributed by atoms with Crippen molar-refractivity contribution in [3.05, 3.63) is 35.4 Å². The highest BCUT2D eigenvalue weighted by Gasteiger charge is 2.29. The number of guanidine groups is 1. The third kappa shape index (κ3) is 6.23. The molecule has 0 amide bonds. The van der Waals surface area contributed by atoms with Crippen molar-refractivity contribution in [1.29, 1.82) is 0 Å². The zero-order chi connectivity index (χ0) is 18.3. The summed E-state index contributed by atoms with van der Waals surface area (Å²) in [7, 11) is 2.00. The van der Waals surface area contributed by atoms with Crippen molar-refractivity contribution < 1.29 is 17.9 Å². The molecule has 140 valence electrons. The van der Waals surface area contributed by atoms with Gasteiger partial charge in [-0.2, -0.15) is 13.2 Å². The first-order valence-corrected chi connectivity index (χ1v) is 8.63. The first-order chi connectivity index (χ1) is 11.9. The van der Waals surface area contributed by atoms with Crippen LogP contribution in [0.25, 0.3) is 0 Å². The molecule has 0 bridgehead atoms. The Balaban J connectivity index is 1.89. The Kier molecular flexibility index (Phi) is 7.11. The summed E-state index contributed by atoms with van der Waals surface area (Å²) in [5, 5.41) is 3.26. The number of rotatable bonds is 6. The summed E-state index contributed by atoms with van der Waals surface area (Å²) in [6.07, 6.45) is -2.62. The smallest absolute Gasteiger partial charge is 0.381 e. The summed E-state index contributed by atoms with van der Waals surface area (Å²) in [6, 6.07) is 5.28. The van der Waals surface area contributed by atoms with Gasteiger partial charge in [-0.05, 0) is 37.5 Å². The lowest BCUT2D eigenvalue weighted by atomic mass is 10.1. The van der Waals surface area contributed by atoms with Gasteiger partial charge in [-0.1, -0.05) is 12.1 Å². The van der Waals surface area contributed by atoms with E-state index in [0.29, 0.717) is 18.9 Å². The highest BCUT2D eigenvalue weighted by molar-refractivity contribution is 5.79. The molecule has 0 aromatic heterocycles. The normalized spacial score (nSPS) is 18.4. The molecule has 0 aliphatic carbocycles. The Morgan fingerprint density at radius 1 is 1.32 bits per heavy atom. The van der Waals surface area contributed by atoms with Gasteiger partial charge in [0, 0.05) is 39.2 Å². The Bertz CT molecular complexity index is 552. The molecule has 1 aromatic carbocycles. The van der Waals surface area contributed by atoms with E-state index in [1.807, 2.05) is 14.0 Å². The van der Waals surface area contributed by atoms with Gasteiger partial charge in [0.15, 0.2) is 5.96 Å². The van der Waals surface area contributed by atoms with Gasteiger partial charge < -0.3 is 15.0 Å². The van der Waals surface area contributed by atoms with Crippen LogP contribution >= 0.6 is 0 Å². The van der Waals surface area contributed by atoms with Gasteiger partial charge in [0.25, 0.3) is 0 Å². The summed E-state index contributed by atoms with van der Waals surface area (Å²) in [4.78, 5) is 6.68. The minimum Gasteiger partial charge on any atom is -0.381 e. The van der Waals surface area contributed by atoms with Crippen LogP contribution in [0.2, 0.25) is 0 Å². The maximum atomic E-state index is 12.6. The van der Waals surface area contributed by atoms with Crippen molar-refractivity contribution in [1.82, 2.24) is 10.2 Å². The molecule has 1 N–H and O–H groups in total. The minimum atomic E-state index is -4.29. The zero-order valence-corrected chi connectivity index (χ0v) is 14.8. The summed E-state index contributed by atoms with van der Waals surface area (Å²) in [5.41, 5.74) is 0.228. The van der Waals surface area contributed by atoms with Gasteiger partial charge in [0.2, 0.25) is 0 Å². The lowest BCUT2D eigenvalue weighted by Gasteiger charge is -2.24. The molecular weight excluding hydrogens is 331 g/mol. The van der Waals surface area contributed by atoms with E-state index in [-0.39, 0.29) is 0 Å². The summed E-state index contributed by atoms with van der Waals surface area (Å²) in [6.45, 7) is 5.79. The fourth-order valence-corrected chi connectivity index (χ4v) is 2.82. The minimum absolute atomic E-state index is 0.517. The molecule has 2 rings (SSSR count). The molecule has 25 heavy (non-hydrogen) atoms. The first-order valence-electron chi connectivity index (χ1n) is 8.63. The quantitative estimate of drug-likeness (QED) is 0.628. The number of nitrogens with one attached hydrogen (secondary N) is 1. The van der Waals surface area contributed by atoms with Crippen molar-refractivity contribution in [2.75, 3.05) is 39.9 Å². The standard InChI is InChI=1S/C18H26F3N3O/c1-3-22-17(24(2)12-15-9-11-25-13-15)23-10-8-14-4-6-16(7-5-14)18(19,20)21/h4-7,15H,3,8-13H2,1-2H3,(H,22,23). The van der Waals surface area contributed by atoms with E-state index in [0.717, 1.165) is 56.4 Å². The van der Waals surface area contributed by atoms with Gasteiger partial charge in [-0.25, -0.2) is 0 Å². The fraction of sp³-hybridized carbons (Fsp3) is 0.611. The Morgan fingerprint density at radius 2 is 2.04 bits per heavy atom. The molecule has 1 fully saturated rings. The van der Waals surface area contributed by atoms with Gasteiger partial charge in [0.1, 0.15) is 0 Å². The Morgan fingerprint density at radius 3 is 2.60 bits per heavy atom. The molecule has 1 aliphatic rings. The second-order valence-corrected chi connectivity index (χ2v) is 6.29. The van der Waals surface area contributed by atoms with Crippen molar-refractivity contribution in [3.8, 4) is 0 Å². The molecule has 0 radical (unpaired) electrons. The lowest BCUT2D eigenvalue weighted by Crippen LogP contribution is -2.41. The number of nitrogens with zero attached hydrogens (tertiary/aromatic N) is 2. The van der Waals surface area contributed by atoms with Crippen LogP contribution in [0.1, 0.15) is 24.5 Å². The maximum Gasteiger partial charge on any atom is 0.416 e. The topological polar surface area (TPSA) is 36.9 Å². The number of ether oxygens (including phenoxy) is 1. The molecule has 7 heteroatoms. The number of benzene rings is 1. The average molecular weight is 357 g/mol. The van der Waals surface area contributed by atoms with Crippen LogP contribution in [-0.2, 0) is 17.3 Å². The monoisotopic (exact) mass is 357 g/mol. The number of halogens is 3. The lowest BCUT2D eigenvalue weighted by molar-refractivity contribution is -0.137. The largest absolute Gasteiger partial charge is 0.416 e. The van der Waals surface area contributed by atoms with Crippen LogP contribution in [0.4, 0.5) is 13.2 Å². The van der Waals surface area contributed by atoms with E-state index in [1.54, 1.807) is 0 Å². The molecule has 4 nitrogen and oxygen atoms in total. The predicted octanol–water partition coefficient (Wildman–Crippen LogP) is 3.18. The number of hydrogen-bond donors (Lipinski definition) is 1. The van der Waals surface area contributed by atoms with Gasteiger partial charge in [0.05, 0.1) is 12.2 Å². The molecule has 1 heterocycles. The van der Waals surface area contributed by atoms with E-state index in [9.17, 15) is 13.2 Å². The Labute approximate surface area is 147 Å². The van der Waals surface area contributed by atoms with E-state index in [1.165, 1.54) is 12.1 Å². The average Bonchev–Trinajstić information content (AvgIpc) is 3.06. The van der Waals surface area contributed by atoms with Gasteiger partial charge in [-0.3, -0.25) is 4.99 Å². The highest BCUT2D eigenvalue weighted by atomic mass is 19.4. The third-order valence-corrected chi connectivity index (χ3v) is 4.20. The van der Waals surface area contributed by atoms with Crippen molar-refractivity contribution in [2.45, 2.75) is 25.9 Å². The molecule has 1 saturated heterocycles. The Hall–Kier alpha value is -1.76. The highest BCUT2D eigenvalue weighted by Crippen LogP contribution is 2.29. The van der Waals surface area contributed by atoms with E-state index >= 15 is 0 Å². The van der Waals surface area contributed by atoms with Gasteiger partial charge >= 0.3 is 6.18 Å². The predicted molar refractivity (Wildman–Crippen MR) is 92.7 cm³/mol. The maximum absolute atomic E-state index is 12.6. The van der Waals surface area contributed by atoms with Crippen LogP contribution in [-0.4, -0.2) is 50.8 Å². The van der Waals surface area contributed by atoms with Crippen LogP contribution < -0.4 is 5.32 Å². The van der Waals surface area contributed by atoms with Crippen LogP contribution in [0, 0.1) is 5.92 Å². The zero-order valence-electron chi connectivity index (χ0n) is 14.8. The van der Waals surface area contributed by atoms with Crippen molar-refractivity contribution >= 4 is 5.96 Å². The third-order valence-electron chi connectivity index (χ3n) is 4.20. The molecule has 0 saturated carbocycles. The van der Waals surface area contributed by atoms with Crippen molar-refractivity contribution in [2.24, 2.45) is 10.9 Å². The second kappa shape index (κ2) is 9.08. The van der Waals surface area contributed by atoms with Crippen molar-refractivity contribution in [3.63, 3.8) is 0 Å². The summed E-state index contributed by atoms with van der Waals surface area (Å²) >= 11 is 0. The molecule has 1 unspecified atom stereocenters. The summed E-state index contributed by atoms with van der Waals surface area (Å²) < 4.78 is 43.1. The number of alkyl halides is 3. The number of aliphatic imine (C=N–C) groups is 1. The van der Waals surface area contributed by atoms with Gasteiger partial charge in [-0.15, -0.1) is 0 Å². The van der Waals surface area contributed by atoms with Crippen LogP contribution in [0.5, 0.6) is 0 Å². The van der Waals surface area contributed by atoms with E-state index < -0.39 is 11.7 Å². The molecule has 1 aliphatic heterocycles. The fourth-order valence-electron chi connectivity index (χ4n) is 2.82. The van der Waals surface area contributed by atoms with E-state index in [4.69, 9.17) is 4.74 Å². The number of hydrogen-bond acceptors (Lipinski definition) is 2. The van der Waals surface area contributed by atoms with Crippen LogP contribution in [0.15, 0.2) is 29.3 Å². The first kappa shape index (κ1) is 19.6. The second-order valence-electron chi connectivity index (χ2n) is 6.29. The molecule has 1 atom stereocenters. The molecule has 0 spiro atoms. The SMILES string of the molecule is CCNC(=NCCc1ccc(C(F)(F)F)cc1)N(C)CC1CCOC1. The molecule has 1 aromatic rings.